The smallest absolute Gasteiger partial charge is 0.261 e. The third kappa shape index (κ3) is 3.71. The molecule has 0 saturated carbocycles. The summed E-state index contributed by atoms with van der Waals surface area (Å²) in [5.41, 5.74) is 1.52. The van der Waals surface area contributed by atoms with Crippen LogP contribution in [0.2, 0.25) is 0 Å². The first-order valence-corrected chi connectivity index (χ1v) is 11.7. The Balaban J connectivity index is 1.67. The maximum Gasteiger partial charge on any atom is 0.261 e. The van der Waals surface area contributed by atoms with Crippen LogP contribution in [0.3, 0.4) is 0 Å². The van der Waals surface area contributed by atoms with Crippen LogP contribution in [0.1, 0.15) is 18.4 Å². The van der Waals surface area contributed by atoms with Crippen LogP contribution in [0, 0.1) is 6.92 Å². The Morgan fingerprint density at radius 3 is 2.52 bits per heavy atom. The molecule has 3 aliphatic rings. The molecule has 3 N–H and O–H groups in total. The molecule has 1 aliphatic carbocycles. The Kier molecular flexibility index (Phi) is 5.96. The van der Waals surface area contributed by atoms with Crippen LogP contribution in [-0.4, -0.2) is 67.5 Å². The van der Waals surface area contributed by atoms with Crippen molar-refractivity contribution in [3.63, 3.8) is 0 Å². The van der Waals surface area contributed by atoms with Gasteiger partial charge >= 0.3 is 0 Å². The predicted octanol–water partition coefficient (Wildman–Crippen LogP) is 1.57. The van der Waals surface area contributed by atoms with E-state index in [0.29, 0.717) is 24.0 Å². The number of thioether (sulfide) groups is 1. The number of benzene rings is 1. The largest absolute Gasteiger partial charge is 0.396 e. The maximum atomic E-state index is 13.1. The predicted molar refractivity (Wildman–Crippen MR) is 113 cm³/mol. The van der Waals surface area contributed by atoms with Gasteiger partial charge in [-0.25, -0.2) is 0 Å². The van der Waals surface area contributed by atoms with Crippen molar-refractivity contribution in [3.05, 3.63) is 53.1 Å². The normalized spacial score (nSPS) is 33.0. The number of allylic oxidation sites excluding steroid dienone is 1. The summed E-state index contributed by atoms with van der Waals surface area (Å²) in [6.07, 6.45) is 2.28. The number of aliphatic hydroxyl groups excluding tert-OH is 3. The molecule has 1 aromatic carbocycles. The average Bonchev–Trinajstić information content (AvgIpc) is 2.97. The number of amides is 2. The molecule has 6 atom stereocenters. The molecule has 4 rings (SSSR count). The molecule has 1 fully saturated rings. The summed E-state index contributed by atoms with van der Waals surface area (Å²) < 4.78 is 0. The van der Waals surface area contributed by atoms with E-state index in [4.69, 9.17) is 0 Å². The van der Waals surface area contributed by atoms with Crippen LogP contribution in [0.25, 0.3) is 0 Å². The van der Waals surface area contributed by atoms with Gasteiger partial charge in [0.25, 0.3) is 11.8 Å². The van der Waals surface area contributed by atoms with E-state index < -0.39 is 29.8 Å². The fraction of sp³-hybridized carbons (Fsp3) is 0.429. The number of hydrogen-bond acceptors (Lipinski definition) is 6. The highest BCUT2D eigenvalue weighted by atomic mass is 32.2. The van der Waals surface area contributed by atoms with Crippen molar-refractivity contribution < 1.29 is 24.9 Å². The number of carbonyl (C=O) groups is 2. The van der Waals surface area contributed by atoms with Gasteiger partial charge in [-0.2, -0.15) is 0 Å². The van der Waals surface area contributed by atoms with Crippen LogP contribution in [0.4, 0.5) is 0 Å². The lowest BCUT2D eigenvalue weighted by Crippen LogP contribution is -2.61. The molecular weight excluding hydrogens is 409 g/mol. The molecule has 0 radical (unpaired) electrons. The zero-order valence-electron chi connectivity index (χ0n) is 16.0. The minimum absolute atomic E-state index is 0.0809. The van der Waals surface area contributed by atoms with Crippen molar-refractivity contribution in [2.24, 2.45) is 0 Å². The van der Waals surface area contributed by atoms with E-state index in [9.17, 15) is 24.9 Å². The van der Waals surface area contributed by atoms with E-state index in [1.165, 1.54) is 11.8 Å². The lowest BCUT2D eigenvalue weighted by Gasteiger charge is -2.45. The topological polar surface area (TPSA) is 98.1 Å². The Hall–Kier alpha value is -1.50. The molecule has 29 heavy (non-hydrogen) atoms. The van der Waals surface area contributed by atoms with Gasteiger partial charge in [0.2, 0.25) is 0 Å². The van der Waals surface area contributed by atoms with Crippen molar-refractivity contribution in [2.75, 3.05) is 6.61 Å². The second kappa shape index (κ2) is 8.32. The molecule has 0 bridgehead atoms. The number of aliphatic hydroxyl groups is 3. The molecule has 6 nitrogen and oxygen atoms in total. The first-order valence-electron chi connectivity index (χ1n) is 9.66. The lowest BCUT2D eigenvalue weighted by molar-refractivity contribution is -0.145. The summed E-state index contributed by atoms with van der Waals surface area (Å²) in [5.74, 6) is -0.772. The van der Waals surface area contributed by atoms with Gasteiger partial charge in [-0.3, -0.25) is 14.5 Å². The van der Waals surface area contributed by atoms with E-state index in [0.717, 1.165) is 15.4 Å². The van der Waals surface area contributed by atoms with E-state index in [-0.39, 0.29) is 26.1 Å². The maximum absolute atomic E-state index is 13.1. The van der Waals surface area contributed by atoms with Crippen LogP contribution in [0.15, 0.2) is 52.5 Å². The third-order valence-electron chi connectivity index (χ3n) is 5.68. The van der Waals surface area contributed by atoms with Crippen LogP contribution in [-0.2, 0) is 9.59 Å². The van der Waals surface area contributed by atoms with E-state index >= 15 is 0 Å². The van der Waals surface area contributed by atoms with Gasteiger partial charge in [-0.1, -0.05) is 38.4 Å². The molecule has 1 aromatic rings. The fourth-order valence-corrected chi connectivity index (χ4v) is 7.75. The first kappa shape index (κ1) is 20.8. The summed E-state index contributed by atoms with van der Waals surface area (Å²) >= 11 is 1.48. The van der Waals surface area contributed by atoms with Gasteiger partial charge in [-0.05, 0) is 31.9 Å². The van der Waals surface area contributed by atoms with Crippen LogP contribution >= 0.6 is 20.3 Å². The van der Waals surface area contributed by atoms with E-state index in [1.54, 1.807) is 6.08 Å². The highest BCUT2D eigenvalue weighted by Gasteiger charge is 2.52. The van der Waals surface area contributed by atoms with Gasteiger partial charge in [0.15, 0.2) is 0 Å². The van der Waals surface area contributed by atoms with Gasteiger partial charge < -0.3 is 15.3 Å². The lowest BCUT2D eigenvalue weighted by atomic mass is 10.00. The SMILES string of the molecule is Cc1ccc(SC2PC(CO)C(O)C(O)C2N2C(=O)C3=C(CCC=C3)C2=O)cc1. The number of hydrogen-bond donors (Lipinski definition) is 3. The highest BCUT2D eigenvalue weighted by Crippen LogP contribution is 2.49. The number of nitrogens with zero attached hydrogens (tertiary/aromatic N) is 1. The average molecular weight is 433 g/mol. The monoisotopic (exact) mass is 433 g/mol. The van der Waals surface area contributed by atoms with Crippen molar-refractivity contribution in [1.29, 1.82) is 0 Å². The molecule has 2 amide bonds. The number of imide groups is 1. The minimum atomic E-state index is -1.31. The Morgan fingerprint density at radius 1 is 1.14 bits per heavy atom. The molecule has 0 spiro atoms. The zero-order chi connectivity index (χ0) is 20.7. The molecule has 8 heteroatoms. The third-order valence-corrected chi connectivity index (χ3v) is 9.14. The number of carbonyl (C=O) groups excluding carboxylic acids is 2. The molecule has 6 unspecified atom stereocenters. The standard InChI is InChI=1S/C21H24NO5PS/c1-11-6-8-12(9-7-11)29-21-16(18(25)17(24)15(10-23)28-21)22-19(26)13-4-2-3-5-14(13)20(22)27/h2,4,6-9,15-18,21,23-25,28H,3,5,10H2,1H3. The quantitative estimate of drug-likeness (QED) is 0.493. The Morgan fingerprint density at radius 2 is 1.86 bits per heavy atom. The van der Waals surface area contributed by atoms with E-state index in [1.807, 2.05) is 37.3 Å². The van der Waals surface area contributed by atoms with Gasteiger partial charge in [-0.15, -0.1) is 11.8 Å². The van der Waals surface area contributed by atoms with E-state index in [2.05, 4.69) is 0 Å². The van der Waals surface area contributed by atoms with Gasteiger partial charge in [0.1, 0.15) is 6.10 Å². The summed E-state index contributed by atoms with van der Waals surface area (Å²) in [5, 5.41) is 31.1. The highest BCUT2D eigenvalue weighted by molar-refractivity contribution is 8.04. The summed E-state index contributed by atoms with van der Waals surface area (Å²) in [7, 11) is 0.0809. The van der Waals surface area contributed by atoms with Crippen molar-refractivity contribution in [2.45, 2.75) is 53.6 Å². The molecule has 1 saturated heterocycles. The molecule has 154 valence electrons. The van der Waals surface area contributed by atoms with Gasteiger partial charge in [0.05, 0.1) is 23.7 Å². The zero-order valence-corrected chi connectivity index (χ0v) is 17.8. The Labute approximate surface area is 175 Å². The first-order chi connectivity index (χ1) is 13.9. The van der Waals surface area contributed by atoms with Crippen LogP contribution in [0.5, 0.6) is 0 Å². The van der Waals surface area contributed by atoms with Crippen LogP contribution < -0.4 is 0 Å². The molecule has 2 aliphatic heterocycles. The van der Waals surface area contributed by atoms with Crippen molar-refractivity contribution >= 4 is 32.2 Å². The molecular formula is C21H24NO5PS. The summed E-state index contributed by atoms with van der Waals surface area (Å²) in [4.78, 5) is 27.9. The number of aryl methyl sites for hydroxylation is 1. The second-order valence-corrected chi connectivity index (χ2v) is 10.9. The Bertz CT molecular complexity index is 884. The fourth-order valence-electron chi connectivity index (χ4n) is 4.07. The number of rotatable bonds is 4. The minimum Gasteiger partial charge on any atom is -0.396 e. The molecule has 0 aromatic heterocycles. The van der Waals surface area contributed by atoms with Crippen molar-refractivity contribution in [1.82, 2.24) is 4.90 Å². The van der Waals surface area contributed by atoms with Crippen molar-refractivity contribution in [3.8, 4) is 0 Å². The summed E-state index contributed by atoms with van der Waals surface area (Å²) in [6.45, 7) is 1.74. The second-order valence-electron chi connectivity index (χ2n) is 7.59. The van der Waals surface area contributed by atoms with Gasteiger partial charge in [0, 0.05) is 21.7 Å². The molecule has 2 heterocycles. The summed E-state index contributed by atoms with van der Waals surface area (Å²) in [6, 6.07) is 7.04.